The van der Waals surface area contributed by atoms with Crippen LogP contribution in [-0.2, 0) is 0 Å². The molecule has 0 aliphatic carbocycles. The van der Waals surface area contributed by atoms with Gasteiger partial charge in [-0.1, -0.05) is 0 Å². The number of anilines is 1. The zero-order chi connectivity index (χ0) is 17.9. The number of methoxy groups -OCH3 is 1. The van der Waals surface area contributed by atoms with Crippen LogP contribution in [0.3, 0.4) is 0 Å². The number of Topliss-reactive ketones (excluding diaryl/α,β-unsaturated/α-hetero) is 1. The van der Waals surface area contributed by atoms with Gasteiger partial charge < -0.3 is 14.6 Å². The number of hydrogen-bond acceptors (Lipinski definition) is 6. The molecule has 134 valence electrons. The number of hydrogen-bond donors (Lipinski definition) is 1. The summed E-state index contributed by atoms with van der Waals surface area (Å²) in [5, 5.41) is 0.937. The Morgan fingerprint density at radius 3 is 2.69 bits per heavy atom. The highest BCUT2D eigenvalue weighted by Gasteiger charge is 2.22. The Morgan fingerprint density at radius 2 is 1.96 bits per heavy atom. The Morgan fingerprint density at radius 1 is 1.19 bits per heavy atom. The van der Waals surface area contributed by atoms with Crippen LogP contribution in [0.5, 0.6) is 5.75 Å². The minimum Gasteiger partial charge on any atom is -0.497 e. The Hall–Kier alpha value is -2.93. The smallest absolute Gasteiger partial charge is 0.225 e. The molecule has 7 nitrogen and oxygen atoms in total. The predicted octanol–water partition coefficient (Wildman–Crippen LogP) is 1.97. The Labute approximate surface area is 151 Å². The van der Waals surface area contributed by atoms with E-state index in [0.29, 0.717) is 6.54 Å². The topological polar surface area (TPSA) is 74.3 Å². The molecule has 0 atom stereocenters. The molecule has 3 heterocycles. The summed E-state index contributed by atoms with van der Waals surface area (Å²) in [6, 6.07) is 7.54. The summed E-state index contributed by atoms with van der Waals surface area (Å²) < 4.78 is 5.23. The highest BCUT2D eigenvalue weighted by Crippen LogP contribution is 2.24. The van der Waals surface area contributed by atoms with Crippen molar-refractivity contribution in [3.05, 3.63) is 48.4 Å². The van der Waals surface area contributed by atoms with Crippen molar-refractivity contribution in [2.45, 2.75) is 0 Å². The third-order valence-corrected chi connectivity index (χ3v) is 4.76. The van der Waals surface area contributed by atoms with Crippen molar-refractivity contribution >= 4 is 22.6 Å². The summed E-state index contributed by atoms with van der Waals surface area (Å²) in [7, 11) is 1.64. The van der Waals surface area contributed by atoms with Crippen molar-refractivity contribution in [3.8, 4) is 5.75 Å². The van der Waals surface area contributed by atoms with E-state index in [4.69, 9.17) is 4.74 Å². The van der Waals surface area contributed by atoms with Gasteiger partial charge in [0.15, 0.2) is 5.78 Å². The average Bonchev–Trinajstić information content (AvgIpc) is 3.12. The highest BCUT2D eigenvalue weighted by molar-refractivity contribution is 6.09. The molecule has 7 heteroatoms. The van der Waals surface area contributed by atoms with E-state index in [0.717, 1.165) is 54.3 Å². The van der Waals surface area contributed by atoms with Crippen molar-refractivity contribution < 1.29 is 9.53 Å². The van der Waals surface area contributed by atoms with Crippen molar-refractivity contribution in [1.82, 2.24) is 19.9 Å². The van der Waals surface area contributed by atoms with Gasteiger partial charge in [0, 0.05) is 67.3 Å². The van der Waals surface area contributed by atoms with E-state index in [2.05, 4.69) is 24.8 Å². The minimum absolute atomic E-state index is 0.130. The molecule has 1 aliphatic rings. The van der Waals surface area contributed by atoms with Gasteiger partial charge in [-0.15, -0.1) is 0 Å². The van der Waals surface area contributed by atoms with E-state index in [9.17, 15) is 4.79 Å². The number of rotatable bonds is 5. The molecule has 0 bridgehead atoms. The quantitative estimate of drug-likeness (QED) is 0.709. The fourth-order valence-electron chi connectivity index (χ4n) is 3.31. The molecule has 26 heavy (non-hydrogen) atoms. The zero-order valence-corrected chi connectivity index (χ0v) is 14.7. The van der Waals surface area contributed by atoms with Crippen LogP contribution in [0, 0.1) is 0 Å². The molecule has 0 saturated carbocycles. The number of nitrogens with zero attached hydrogens (tertiary/aromatic N) is 4. The van der Waals surface area contributed by atoms with E-state index < -0.39 is 0 Å². The normalized spacial score (nSPS) is 15.3. The molecule has 2 aromatic heterocycles. The molecule has 0 spiro atoms. The summed E-state index contributed by atoms with van der Waals surface area (Å²) in [5.41, 5.74) is 1.65. The molecule has 3 aromatic rings. The number of piperazine rings is 1. The number of carbonyl (C=O) groups excluding carboxylic acids is 1. The molecule has 0 unspecified atom stereocenters. The van der Waals surface area contributed by atoms with E-state index >= 15 is 0 Å². The first-order chi connectivity index (χ1) is 12.7. The summed E-state index contributed by atoms with van der Waals surface area (Å²) >= 11 is 0. The average molecular weight is 351 g/mol. The van der Waals surface area contributed by atoms with Gasteiger partial charge in [0.1, 0.15) is 5.75 Å². The van der Waals surface area contributed by atoms with E-state index in [1.807, 2.05) is 24.3 Å². The monoisotopic (exact) mass is 351 g/mol. The SMILES string of the molecule is COc1ccc2c(C(=O)CN3CCN(c4ncccn4)CC3)c[nH]c2c1. The number of nitrogens with one attached hydrogen (secondary N) is 1. The van der Waals surface area contributed by atoms with Gasteiger partial charge in [-0.25, -0.2) is 9.97 Å². The van der Waals surface area contributed by atoms with Crippen LogP contribution in [0.15, 0.2) is 42.9 Å². The summed E-state index contributed by atoms with van der Waals surface area (Å²) in [5.74, 6) is 1.66. The number of carbonyl (C=O) groups is 1. The second kappa shape index (κ2) is 7.13. The van der Waals surface area contributed by atoms with Gasteiger partial charge in [0.25, 0.3) is 0 Å². The lowest BCUT2D eigenvalue weighted by molar-refractivity contribution is 0.0928. The highest BCUT2D eigenvalue weighted by atomic mass is 16.5. The van der Waals surface area contributed by atoms with Crippen LogP contribution in [0.25, 0.3) is 10.9 Å². The first kappa shape index (κ1) is 16.5. The van der Waals surface area contributed by atoms with Gasteiger partial charge in [-0.05, 0) is 18.2 Å². The standard InChI is InChI=1S/C19H21N5O2/c1-26-14-3-4-15-16(12-22-17(15)11-14)18(25)13-23-7-9-24(10-8-23)19-20-5-2-6-21-19/h2-6,11-12,22H,7-10,13H2,1H3. The molecule has 1 N–H and O–H groups in total. The number of benzene rings is 1. The molecule has 0 amide bonds. The second-order valence-electron chi connectivity index (χ2n) is 6.35. The van der Waals surface area contributed by atoms with Crippen LogP contribution >= 0.6 is 0 Å². The molecule has 1 aliphatic heterocycles. The minimum atomic E-state index is 0.130. The van der Waals surface area contributed by atoms with Crippen LogP contribution in [0.4, 0.5) is 5.95 Å². The number of fused-ring (bicyclic) bond motifs is 1. The molecule has 1 aromatic carbocycles. The number of aromatic nitrogens is 3. The summed E-state index contributed by atoms with van der Waals surface area (Å²) in [4.78, 5) is 28.8. The van der Waals surface area contributed by atoms with Crippen molar-refractivity contribution in [1.29, 1.82) is 0 Å². The lowest BCUT2D eigenvalue weighted by Crippen LogP contribution is -2.48. The van der Waals surface area contributed by atoms with Crippen LogP contribution < -0.4 is 9.64 Å². The largest absolute Gasteiger partial charge is 0.497 e. The van der Waals surface area contributed by atoms with Gasteiger partial charge in [0.2, 0.25) is 5.95 Å². The predicted molar refractivity (Wildman–Crippen MR) is 99.9 cm³/mol. The Kier molecular flexibility index (Phi) is 4.53. The molecule has 4 rings (SSSR count). The summed E-state index contributed by atoms with van der Waals surface area (Å²) in [6.45, 7) is 3.70. The molecule has 1 fully saturated rings. The van der Waals surface area contributed by atoms with Gasteiger partial charge >= 0.3 is 0 Å². The third-order valence-electron chi connectivity index (χ3n) is 4.76. The molecule has 1 saturated heterocycles. The number of ketones is 1. The van der Waals surface area contributed by atoms with E-state index in [1.165, 1.54) is 0 Å². The number of H-pyrrole nitrogens is 1. The first-order valence-electron chi connectivity index (χ1n) is 8.67. The maximum Gasteiger partial charge on any atom is 0.225 e. The van der Waals surface area contributed by atoms with Crippen LogP contribution in [-0.4, -0.2) is 65.5 Å². The fourth-order valence-corrected chi connectivity index (χ4v) is 3.31. The fraction of sp³-hybridized carbons (Fsp3) is 0.316. The number of aromatic amines is 1. The van der Waals surface area contributed by atoms with Crippen LogP contribution in [0.1, 0.15) is 10.4 Å². The van der Waals surface area contributed by atoms with Gasteiger partial charge in [0.05, 0.1) is 13.7 Å². The lowest BCUT2D eigenvalue weighted by Gasteiger charge is -2.34. The lowest BCUT2D eigenvalue weighted by atomic mass is 10.1. The van der Waals surface area contributed by atoms with E-state index in [1.54, 1.807) is 25.7 Å². The third kappa shape index (κ3) is 3.25. The maximum atomic E-state index is 12.8. The first-order valence-corrected chi connectivity index (χ1v) is 8.67. The second-order valence-corrected chi connectivity index (χ2v) is 6.35. The zero-order valence-electron chi connectivity index (χ0n) is 14.7. The van der Waals surface area contributed by atoms with Gasteiger partial charge in [-0.3, -0.25) is 9.69 Å². The maximum absolute atomic E-state index is 12.8. The Bertz CT molecular complexity index is 901. The molecule has 0 radical (unpaired) electrons. The molecular formula is C19H21N5O2. The molecular weight excluding hydrogens is 330 g/mol. The van der Waals surface area contributed by atoms with Crippen molar-refractivity contribution in [2.24, 2.45) is 0 Å². The van der Waals surface area contributed by atoms with Crippen molar-refractivity contribution in [2.75, 3.05) is 44.7 Å². The summed E-state index contributed by atoms with van der Waals surface area (Å²) in [6.07, 6.45) is 5.30. The van der Waals surface area contributed by atoms with Crippen molar-refractivity contribution in [3.63, 3.8) is 0 Å². The van der Waals surface area contributed by atoms with E-state index in [-0.39, 0.29) is 5.78 Å². The van der Waals surface area contributed by atoms with Crippen LogP contribution in [0.2, 0.25) is 0 Å². The van der Waals surface area contributed by atoms with Gasteiger partial charge in [-0.2, -0.15) is 0 Å². The number of ether oxygens (including phenoxy) is 1. The Balaban J connectivity index is 1.40.